The molecular weight excluding hydrogens is 208 g/mol. The van der Waals surface area contributed by atoms with Gasteiger partial charge in [0.15, 0.2) is 0 Å². The Morgan fingerprint density at radius 3 is 2.56 bits per heavy atom. The Kier molecular flexibility index (Phi) is 4.01. The molecule has 0 aromatic carbocycles. The van der Waals surface area contributed by atoms with Crippen LogP contribution in [0, 0.1) is 0 Å². The van der Waals surface area contributed by atoms with Gasteiger partial charge < -0.3 is 19.3 Å². The summed E-state index contributed by atoms with van der Waals surface area (Å²) < 4.78 is 10.8. The van der Waals surface area contributed by atoms with E-state index in [1.807, 2.05) is 9.80 Å². The SMILES string of the molecule is CCC1CN(C(=O)N2CCOCC2)CCO1. The van der Waals surface area contributed by atoms with Crippen LogP contribution in [0.5, 0.6) is 0 Å². The Hall–Kier alpha value is -0.810. The largest absolute Gasteiger partial charge is 0.378 e. The summed E-state index contributed by atoms with van der Waals surface area (Å²) in [5.41, 5.74) is 0. The van der Waals surface area contributed by atoms with Crippen molar-refractivity contribution in [1.29, 1.82) is 0 Å². The Balaban J connectivity index is 1.87. The third-order valence-corrected chi connectivity index (χ3v) is 3.15. The number of amides is 2. The highest BCUT2D eigenvalue weighted by atomic mass is 16.5. The van der Waals surface area contributed by atoms with Gasteiger partial charge >= 0.3 is 6.03 Å². The van der Waals surface area contributed by atoms with Gasteiger partial charge in [0.2, 0.25) is 0 Å². The van der Waals surface area contributed by atoms with Crippen molar-refractivity contribution < 1.29 is 14.3 Å². The van der Waals surface area contributed by atoms with Gasteiger partial charge in [0.25, 0.3) is 0 Å². The van der Waals surface area contributed by atoms with Crippen LogP contribution >= 0.6 is 0 Å². The molecule has 0 N–H and O–H groups in total. The van der Waals surface area contributed by atoms with E-state index in [0.717, 1.165) is 13.0 Å². The predicted molar refractivity (Wildman–Crippen MR) is 59.4 cm³/mol. The lowest BCUT2D eigenvalue weighted by Crippen LogP contribution is -2.53. The first-order chi connectivity index (χ1) is 7.81. The van der Waals surface area contributed by atoms with Crippen LogP contribution in [0.25, 0.3) is 0 Å². The zero-order valence-electron chi connectivity index (χ0n) is 9.85. The molecule has 0 aromatic rings. The molecule has 2 aliphatic heterocycles. The molecule has 5 heteroatoms. The van der Waals surface area contributed by atoms with Crippen molar-refractivity contribution in [2.45, 2.75) is 19.4 Å². The van der Waals surface area contributed by atoms with Gasteiger partial charge in [0, 0.05) is 26.2 Å². The summed E-state index contributed by atoms with van der Waals surface area (Å²) in [7, 11) is 0. The molecular formula is C11H20N2O3. The van der Waals surface area contributed by atoms with Crippen molar-refractivity contribution in [3.63, 3.8) is 0 Å². The summed E-state index contributed by atoms with van der Waals surface area (Å²) in [6.07, 6.45) is 1.17. The molecule has 2 amide bonds. The van der Waals surface area contributed by atoms with E-state index in [0.29, 0.717) is 39.5 Å². The maximum absolute atomic E-state index is 12.2. The summed E-state index contributed by atoms with van der Waals surface area (Å²) in [6, 6.07) is 0.144. The molecule has 2 aliphatic rings. The molecule has 92 valence electrons. The van der Waals surface area contributed by atoms with Crippen LogP contribution < -0.4 is 0 Å². The number of ether oxygens (including phenoxy) is 2. The second-order valence-corrected chi connectivity index (χ2v) is 4.23. The lowest BCUT2D eigenvalue weighted by molar-refractivity contribution is -0.0262. The van der Waals surface area contributed by atoms with Gasteiger partial charge in [0.1, 0.15) is 0 Å². The summed E-state index contributed by atoms with van der Waals surface area (Å²) >= 11 is 0. The van der Waals surface area contributed by atoms with E-state index in [1.54, 1.807) is 0 Å². The minimum Gasteiger partial charge on any atom is -0.378 e. The number of hydrogen-bond donors (Lipinski definition) is 0. The highest BCUT2D eigenvalue weighted by molar-refractivity contribution is 5.74. The third kappa shape index (κ3) is 2.65. The molecule has 2 fully saturated rings. The zero-order chi connectivity index (χ0) is 11.4. The van der Waals surface area contributed by atoms with Crippen molar-refractivity contribution >= 4 is 6.03 Å². The fourth-order valence-corrected chi connectivity index (χ4v) is 2.09. The van der Waals surface area contributed by atoms with E-state index in [1.165, 1.54) is 0 Å². The predicted octanol–water partition coefficient (Wildman–Crippen LogP) is 0.549. The summed E-state index contributed by atoms with van der Waals surface area (Å²) in [5.74, 6) is 0. The quantitative estimate of drug-likeness (QED) is 0.658. The molecule has 0 radical (unpaired) electrons. The van der Waals surface area contributed by atoms with Crippen molar-refractivity contribution in [1.82, 2.24) is 9.80 Å². The van der Waals surface area contributed by atoms with Crippen LogP contribution in [0.3, 0.4) is 0 Å². The van der Waals surface area contributed by atoms with E-state index in [2.05, 4.69) is 6.92 Å². The van der Waals surface area contributed by atoms with E-state index < -0.39 is 0 Å². The maximum atomic E-state index is 12.2. The highest BCUT2D eigenvalue weighted by Gasteiger charge is 2.27. The van der Waals surface area contributed by atoms with Crippen molar-refractivity contribution in [2.75, 3.05) is 46.0 Å². The molecule has 2 saturated heterocycles. The molecule has 0 saturated carbocycles. The van der Waals surface area contributed by atoms with Gasteiger partial charge in [-0.15, -0.1) is 0 Å². The minimum absolute atomic E-state index is 0.144. The third-order valence-electron chi connectivity index (χ3n) is 3.15. The van der Waals surface area contributed by atoms with Crippen LogP contribution in [-0.4, -0.2) is 67.9 Å². The first-order valence-electron chi connectivity index (χ1n) is 6.04. The molecule has 2 rings (SSSR count). The zero-order valence-corrected chi connectivity index (χ0v) is 9.85. The Morgan fingerprint density at radius 2 is 1.88 bits per heavy atom. The van der Waals surface area contributed by atoms with Crippen LogP contribution in [0.15, 0.2) is 0 Å². The fraction of sp³-hybridized carbons (Fsp3) is 0.909. The minimum atomic E-state index is 0.144. The number of nitrogens with zero attached hydrogens (tertiary/aromatic N) is 2. The van der Waals surface area contributed by atoms with Gasteiger partial charge in [-0.25, -0.2) is 4.79 Å². The Morgan fingerprint density at radius 1 is 1.19 bits per heavy atom. The topological polar surface area (TPSA) is 42.0 Å². The molecule has 16 heavy (non-hydrogen) atoms. The molecule has 0 aromatic heterocycles. The first-order valence-corrected chi connectivity index (χ1v) is 6.04. The standard InChI is InChI=1S/C11H20N2O3/c1-2-10-9-13(5-8-16-10)11(14)12-3-6-15-7-4-12/h10H,2-9H2,1H3. The van der Waals surface area contributed by atoms with E-state index in [4.69, 9.17) is 9.47 Å². The van der Waals surface area contributed by atoms with Gasteiger partial charge in [-0.1, -0.05) is 6.92 Å². The number of hydrogen-bond acceptors (Lipinski definition) is 3. The fourth-order valence-electron chi connectivity index (χ4n) is 2.09. The van der Waals surface area contributed by atoms with E-state index >= 15 is 0 Å². The van der Waals surface area contributed by atoms with E-state index in [-0.39, 0.29) is 12.1 Å². The molecule has 5 nitrogen and oxygen atoms in total. The number of rotatable bonds is 1. The van der Waals surface area contributed by atoms with Crippen molar-refractivity contribution in [2.24, 2.45) is 0 Å². The lowest BCUT2D eigenvalue weighted by Gasteiger charge is -2.37. The normalized spacial score (nSPS) is 26.9. The average Bonchev–Trinajstić information content (AvgIpc) is 2.39. The Labute approximate surface area is 96.3 Å². The van der Waals surface area contributed by atoms with Crippen LogP contribution in [0.4, 0.5) is 4.79 Å². The smallest absolute Gasteiger partial charge is 0.320 e. The van der Waals surface area contributed by atoms with Crippen LogP contribution in [0.2, 0.25) is 0 Å². The van der Waals surface area contributed by atoms with Crippen molar-refractivity contribution in [3.05, 3.63) is 0 Å². The molecule has 0 bridgehead atoms. The molecule has 2 heterocycles. The van der Waals surface area contributed by atoms with Gasteiger partial charge in [-0.2, -0.15) is 0 Å². The summed E-state index contributed by atoms with van der Waals surface area (Å²) in [5, 5.41) is 0. The molecule has 1 atom stereocenters. The molecule has 0 spiro atoms. The number of carbonyl (C=O) groups is 1. The van der Waals surface area contributed by atoms with Gasteiger partial charge in [-0.3, -0.25) is 0 Å². The molecule has 1 unspecified atom stereocenters. The van der Waals surface area contributed by atoms with Crippen LogP contribution in [0.1, 0.15) is 13.3 Å². The summed E-state index contributed by atoms with van der Waals surface area (Å²) in [6.45, 7) is 6.95. The number of urea groups is 1. The monoisotopic (exact) mass is 228 g/mol. The van der Waals surface area contributed by atoms with Gasteiger partial charge in [-0.05, 0) is 6.42 Å². The highest BCUT2D eigenvalue weighted by Crippen LogP contribution is 2.11. The second-order valence-electron chi connectivity index (χ2n) is 4.23. The lowest BCUT2D eigenvalue weighted by atomic mass is 10.2. The molecule has 0 aliphatic carbocycles. The number of morpholine rings is 2. The summed E-state index contributed by atoms with van der Waals surface area (Å²) in [4.78, 5) is 15.9. The Bertz CT molecular complexity index is 241. The first kappa shape index (κ1) is 11.7. The van der Waals surface area contributed by atoms with Crippen molar-refractivity contribution in [3.8, 4) is 0 Å². The van der Waals surface area contributed by atoms with Crippen LogP contribution in [-0.2, 0) is 9.47 Å². The second kappa shape index (κ2) is 5.50. The van der Waals surface area contributed by atoms with Gasteiger partial charge in [0.05, 0.1) is 25.9 Å². The van der Waals surface area contributed by atoms with E-state index in [9.17, 15) is 4.79 Å². The maximum Gasteiger partial charge on any atom is 0.320 e. The number of carbonyl (C=O) groups excluding carboxylic acids is 1. The average molecular weight is 228 g/mol.